The summed E-state index contributed by atoms with van der Waals surface area (Å²) in [7, 11) is 0. The molecule has 0 saturated heterocycles. The molecule has 0 aliphatic carbocycles. The number of halogens is 1. The van der Waals surface area contributed by atoms with Crippen molar-refractivity contribution in [2.24, 2.45) is 0 Å². The van der Waals surface area contributed by atoms with Crippen molar-refractivity contribution < 1.29 is 9.32 Å². The highest BCUT2D eigenvalue weighted by Gasteiger charge is 2.15. The lowest BCUT2D eigenvalue weighted by atomic mass is 10.2. The minimum absolute atomic E-state index is 0.0805. The first-order chi connectivity index (χ1) is 12.5. The van der Waals surface area contributed by atoms with Gasteiger partial charge in [0.2, 0.25) is 5.91 Å². The fraction of sp³-hybridized carbons (Fsp3) is 0.333. The first-order valence-electron chi connectivity index (χ1n) is 8.30. The molecule has 1 aromatic carbocycles. The van der Waals surface area contributed by atoms with Gasteiger partial charge in [0.15, 0.2) is 5.52 Å². The predicted molar refractivity (Wildman–Crippen MR) is 98.1 cm³/mol. The molecule has 0 spiro atoms. The number of aromatic nitrogens is 3. The lowest BCUT2D eigenvalue weighted by molar-refractivity contribution is -0.121. The number of carbonyl (C=O) groups excluding carboxylic acids is 1. The maximum atomic E-state index is 12.4. The van der Waals surface area contributed by atoms with Gasteiger partial charge in [-0.3, -0.25) is 9.59 Å². The molecule has 2 heterocycles. The molecule has 8 heteroatoms. The van der Waals surface area contributed by atoms with E-state index in [2.05, 4.69) is 15.6 Å². The minimum atomic E-state index is -0.302. The standard InChI is InChI=1S/C18H19ClN4O3/c1-11-16-12(2)26-22-17(16)18(25)23(21-11)9-3-4-15(24)20-10-13-5-7-14(19)8-6-13/h5-8H,3-4,9-10H2,1-2H3,(H,20,24). The number of nitrogens with one attached hydrogen (secondary N) is 1. The van der Waals surface area contributed by atoms with Crippen LogP contribution in [0.2, 0.25) is 5.02 Å². The second-order valence-electron chi connectivity index (χ2n) is 6.08. The smallest absolute Gasteiger partial charge is 0.296 e. The van der Waals surface area contributed by atoms with E-state index in [1.165, 1.54) is 4.68 Å². The molecule has 0 radical (unpaired) electrons. The van der Waals surface area contributed by atoms with E-state index in [1.54, 1.807) is 26.0 Å². The number of carbonyl (C=O) groups is 1. The highest BCUT2D eigenvalue weighted by atomic mass is 35.5. The molecular formula is C18H19ClN4O3. The summed E-state index contributed by atoms with van der Waals surface area (Å²) >= 11 is 5.83. The number of aryl methyl sites for hydroxylation is 3. The van der Waals surface area contributed by atoms with E-state index in [0.29, 0.717) is 47.8 Å². The van der Waals surface area contributed by atoms with E-state index in [4.69, 9.17) is 16.1 Å². The third-order valence-electron chi connectivity index (χ3n) is 4.11. The summed E-state index contributed by atoms with van der Waals surface area (Å²) < 4.78 is 6.42. The Morgan fingerprint density at radius 2 is 2.00 bits per heavy atom. The van der Waals surface area contributed by atoms with Gasteiger partial charge in [0.1, 0.15) is 5.76 Å². The maximum Gasteiger partial charge on any atom is 0.296 e. The van der Waals surface area contributed by atoms with Gasteiger partial charge in [0.25, 0.3) is 5.56 Å². The van der Waals surface area contributed by atoms with Crippen LogP contribution in [-0.4, -0.2) is 20.8 Å². The second kappa shape index (κ2) is 7.70. The summed E-state index contributed by atoms with van der Waals surface area (Å²) in [4.78, 5) is 24.3. The average molecular weight is 375 g/mol. The molecule has 2 aromatic heterocycles. The molecule has 136 valence electrons. The molecule has 0 bridgehead atoms. The van der Waals surface area contributed by atoms with Crippen LogP contribution in [0.15, 0.2) is 33.6 Å². The highest BCUT2D eigenvalue weighted by Crippen LogP contribution is 2.16. The Bertz CT molecular complexity index is 992. The zero-order valence-electron chi connectivity index (χ0n) is 14.6. The average Bonchev–Trinajstić information content (AvgIpc) is 3.01. The van der Waals surface area contributed by atoms with E-state index in [1.807, 2.05) is 12.1 Å². The molecule has 0 aliphatic heterocycles. The van der Waals surface area contributed by atoms with Crippen LogP contribution < -0.4 is 10.9 Å². The molecule has 1 amide bonds. The highest BCUT2D eigenvalue weighted by molar-refractivity contribution is 6.30. The zero-order valence-corrected chi connectivity index (χ0v) is 15.3. The lowest BCUT2D eigenvalue weighted by Crippen LogP contribution is -2.26. The van der Waals surface area contributed by atoms with Crippen molar-refractivity contribution in [1.82, 2.24) is 20.3 Å². The van der Waals surface area contributed by atoms with E-state index in [-0.39, 0.29) is 17.0 Å². The summed E-state index contributed by atoms with van der Waals surface area (Å²) in [6.45, 7) is 4.34. The summed E-state index contributed by atoms with van der Waals surface area (Å²) in [5.41, 5.74) is 1.64. The van der Waals surface area contributed by atoms with Crippen LogP contribution in [0, 0.1) is 13.8 Å². The Balaban J connectivity index is 1.55. The first-order valence-corrected chi connectivity index (χ1v) is 8.68. The van der Waals surface area contributed by atoms with Crippen molar-refractivity contribution in [3.8, 4) is 0 Å². The molecular weight excluding hydrogens is 356 g/mol. The van der Waals surface area contributed by atoms with Crippen molar-refractivity contribution in [2.75, 3.05) is 0 Å². The number of rotatable bonds is 6. The molecule has 0 fully saturated rings. The van der Waals surface area contributed by atoms with Crippen molar-refractivity contribution >= 4 is 28.4 Å². The van der Waals surface area contributed by atoms with E-state index < -0.39 is 0 Å². The summed E-state index contributed by atoms with van der Waals surface area (Å²) in [5, 5.41) is 12.3. The van der Waals surface area contributed by atoms with Gasteiger partial charge in [0.05, 0.1) is 11.1 Å². The SMILES string of the molecule is Cc1nn(CCCC(=O)NCc2ccc(Cl)cc2)c(=O)c2noc(C)c12. The van der Waals surface area contributed by atoms with Gasteiger partial charge in [0, 0.05) is 24.5 Å². The molecule has 3 rings (SSSR count). The number of nitrogens with zero attached hydrogens (tertiary/aromatic N) is 3. The van der Waals surface area contributed by atoms with Crippen LogP contribution in [-0.2, 0) is 17.9 Å². The summed E-state index contributed by atoms with van der Waals surface area (Å²) in [5.74, 6) is 0.499. The molecule has 0 atom stereocenters. The van der Waals surface area contributed by atoms with Crippen molar-refractivity contribution in [1.29, 1.82) is 0 Å². The van der Waals surface area contributed by atoms with Gasteiger partial charge in [-0.2, -0.15) is 5.10 Å². The van der Waals surface area contributed by atoms with E-state index in [9.17, 15) is 9.59 Å². The first kappa shape index (κ1) is 18.1. The number of hydrogen-bond donors (Lipinski definition) is 1. The van der Waals surface area contributed by atoms with Gasteiger partial charge in [-0.15, -0.1) is 0 Å². The van der Waals surface area contributed by atoms with Crippen LogP contribution in [0.25, 0.3) is 10.9 Å². The van der Waals surface area contributed by atoms with Crippen LogP contribution in [0.4, 0.5) is 0 Å². The Morgan fingerprint density at radius 1 is 1.27 bits per heavy atom. The number of benzene rings is 1. The second-order valence-corrected chi connectivity index (χ2v) is 6.52. The molecule has 26 heavy (non-hydrogen) atoms. The molecule has 7 nitrogen and oxygen atoms in total. The molecule has 3 aromatic rings. The van der Waals surface area contributed by atoms with Gasteiger partial charge >= 0.3 is 0 Å². The monoisotopic (exact) mass is 374 g/mol. The van der Waals surface area contributed by atoms with Gasteiger partial charge in [-0.05, 0) is 38.0 Å². The minimum Gasteiger partial charge on any atom is -0.360 e. The predicted octanol–water partition coefficient (Wildman–Crippen LogP) is 2.75. The Labute approximate surface area is 154 Å². The van der Waals surface area contributed by atoms with Crippen molar-refractivity contribution in [3.05, 3.63) is 56.7 Å². The van der Waals surface area contributed by atoms with Gasteiger partial charge < -0.3 is 9.84 Å². The Hall–Kier alpha value is -2.67. The number of fused-ring (bicyclic) bond motifs is 1. The Kier molecular flexibility index (Phi) is 5.37. The third kappa shape index (κ3) is 3.94. The third-order valence-corrected chi connectivity index (χ3v) is 4.36. The van der Waals surface area contributed by atoms with Gasteiger partial charge in [-0.25, -0.2) is 4.68 Å². The van der Waals surface area contributed by atoms with Gasteiger partial charge in [-0.1, -0.05) is 28.9 Å². The van der Waals surface area contributed by atoms with Crippen LogP contribution in [0.5, 0.6) is 0 Å². The number of amides is 1. The van der Waals surface area contributed by atoms with E-state index in [0.717, 1.165) is 5.56 Å². The fourth-order valence-electron chi connectivity index (χ4n) is 2.78. The van der Waals surface area contributed by atoms with Crippen molar-refractivity contribution in [3.63, 3.8) is 0 Å². The Morgan fingerprint density at radius 3 is 2.73 bits per heavy atom. The lowest BCUT2D eigenvalue weighted by Gasteiger charge is -2.07. The maximum absolute atomic E-state index is 12.4. The normalized spacial score (nSPS) is 11.0. The van der Waals surface area contributed by atoms with Crippen LogP contribution in [0.3, 0.4) is 0 Å². The molecule has 0 unspecified atom stereocenters. The largest absolute Gasteiger partial charge is 0.360 e. The van der Waals surface area contributed by atoms with Crippen LogP contribution in [0.1, 0.15) is 29.9 Å². The van der Waals surface area contributed by atoms with Crippen LogP contribution >= 0.6 is 11.6 Å². The molecule has 1 N–H and O–H groups in total. The molecule has 0 aliphatic rings. The quantitative estimate of drug-likeness (QED) is 0.716. The van der Waals surface area contributed by atoms with E-state index >= 15 is 0 Å². The molecule has 0 saturated carbocycles. The summed E-state index contributed by atoms with van der Waals surface area (Å²) in [6.07, 6.45) is 0.803. The number of hydrogen-bond acceptors (Lipinski definition) is 5. The fourth-order valence-corrected chi connectivity index (χ4v) is 2.90. The topological polar surface area (TPSA) is 90.0 Å². The summed E-state index contributed by atoms with van der Waals surface area (Å²) in [6, 6.07) is 7.30. The zero-order chi connectivity index (χ0) is 18.7. The van der Waals surface area contributed by atoms with Crippen molar-refractivity contribution in [2.45, 2.75) is 39.8 Å².